The third-order valence-electron chi connectivity index (χ3n) is 0. The van der Waals surface area contributed by atoms with Gasteiger partial charge in [-0.15, -0.1) is 0 Å². The van der Waals surface area contributed by atoms with E-state index >= 15 is 0 Å². The standard InChI is InChI=1S/2H2O4S.H2O2.W/c2*1-5(2,3)4;1-2;/h2*(H2,1,2,3,4);1-2H;/q;;;+4/p-4. The molecule has 13 heteroatoms. The SMILES string of the molecule is O=S(=O)([O-])[O-].O=S(=O)([O-])[O-].OO.[W+4]. The van der Waals surface area contributed by atoms with E-state index in [-0.39, 0.29) is 21.1 Å². The molecule has 0 heterocycles. The summed E-state index contributed by atoms with van der Waals surface area (Å²) in [6, 6.07) is 0. The Balaban J connectivity index is -0.0000000491. The average molecular weight is 410 g/mol. The summed E-state index contributed by atoms with van der Waals surface area (Å²) >= 11 is 0. The van der Waals surface area contributed by atoms with Gasteiger partial charge in [-0.25, -0.2) is 0 Å². The maximum absolute atomic E-state index is 8.52. The van der Waals surface area contributed by atoms with Gasteiger partial charge in [0, 0.05) is 20.8 Å². The smallest absolute Gasteiger partial charge is 0.759 e. The van der Waals surface area contributed by atoms with Crippen LogP contribution in [-0.2, 0) is 41.9 Å². The van der Waals surface area contributed by atoms with Crippen molar-refractivity contribution in [3.05, 3.63) is 0 Å². The maximum atomic E-state index is 8.52. The largest absolute Gasteiger partial charge is 4.00 e. The summed E-state index contributed by atoms with van der Waals surface area (Å²) < 4.78 is 68.2. The summed E-state index contributed by atoms with van der Waals surface area (Å²) in [4.78, 5) is 0. The fourth-order valence-electron chi connectivity index (χ4n) is 0. The van der Waals surface area contributed by atoms with Crippen molar-refractivity contribution in [1.82, 2.24) is 0 Å². The molecule has 10 nitrogen and oxygen atoms in total. The number of hydrogen-bond acceptors (Lipinski definition) is 10. The Labute approximate surface area is 87.6 Å². The van der Waals surface area contributed by atoms with E-state index in [1.165, 1.54) is 0 Å². The quantitative estimate of drug-likeness (QED) is 0.184. The predicted molar refractivity (Wildman–Crippen MR) is 26.2 cm³/mol. The van der Waals surface area contributed by atoms with Gasteiger partial charge >= 0.3 is 21.1 Å². The van der Waals surface area contributed by atoms with Crippen LogP contribution in [0.1, 0.15) is 0 Å². The van der Waals surface area contributed by atoms with E-state index in [2.05, 4.69) is 0 Å². The minimum Gasteiger partial charge on any atom is -0.759 e. The van der Waals surface area contributed by atoms with Crippen LogP contribution in [0.3, 0.4) is 0 Å². The molecule has 13 heavy (non-hydrogen) atoms. The molecule has 0 rings (SSSR count). The van der Waals surface area contributed by atoms with E-state index in [1.807, 2.05) is 0 Å². The summed E-state index contributed by atoms with van der Waals surface area (Å²) in [5.41, 5.74) is 0. The van der Waals surface area contributed by atoms with E-state index in [1.54, 1.807) is 0 Å². The first-order valence-electron chi connectivity index (χ1n) is 1.53. The summed E-state index contributed by atoms with van der Waals surface area (Å²) in [7, 11) is -10.3. The molecule has 0 spiro atoms. The molecule has 0 saturated heterocycles. The van der Waals surface area contributed by atoms with Gasteiger partial charge in [0.15, 0.2) is 0 Å². The van der Waals surface area contributed by atoms with Gasteiger partial charge in [0.05, 0.1) is 0 Å². The number of hydrogen-bond donors (Lipinski definition) is 2. The van der Waals surface area contributed by atoms with Crippen LogP contribution in [0.2, 0.25) is 0 Å². The molecule has 0 aliphatic heterocycles. The molecule has 0 amide bonds. The zero-order chi connectivity index (χ0) is 11.0. The molecule has 0 bridgehead atoms. The molecule has 0 atom stereocenters. The molecule has 0 aromatic carbocycles. The molecule has 2 N–H and O–H groups in total. The second kappa shape index (κ2) is 10.4. The molecule has 0 aliphatic rings. The minimum absolute atomic E-state index is 0. The van der Waals surface area contributed by atoms with Gasteiger partial charge in [0.25, 0.3) is 0 Å². The Hall–Kier alpha value is 0.348. The Morgan fingerprint density at radius 2 is 0.692 bits per heavy atom. The molecule has 0 fully saturated rings. The summed E-state index contributed by atoms with van der Waals surface area (Å²) in [6.07, 6.45) is 0. The van der Waals surface area contributed by atoms with Crippen LogP contribution >= 0.6 is 0 Å². The van der Waals surface area contributed by atoms with Gasteiger partial charge in [0.1, 0.15) is 0 Å². The van der Waals surface area contributed by atoms with E-state index < -0.39 is 20.8 Å². The maximum Gasteiger partial charge on any atom is 4.00 e. The van der Waals surface area contributed by atoms with Gasteiger partial charge in [-0.2, -0.15) is 0 Å². The Bertz CT molecular complexity index is 209. The zero-order valence-corrected chi connectivity index (χ0v) is 9.95. The van der Waals surface area contributed by atoms with Crippen molar-refractivity contribution in [3.63, 3.8) is 0 Å². The van der Waals surface area contributed by atoms with Crippen LogP contribution in [0.15, 0.2) is 0 Å². The molecule has 0 saturated carbocycles. The zero-order valence-electron chi connectivity index (χ0n) is 5.39. The monoisotopic (exact) mass is 410 g/mol. The second-order valence-electron chi connectivity index (χ2n) is 0.816. The molecule has 0 radical (unpaired) electrons. The molecular weight excluding hydrogens is 408 g/mol. The third-order valence-corrected chi connectivity index (χ3v) is 0. The van der Waals surface area contributed by atoms with Crippen LogP contribution in [0, 0.1) is 0 Å². The topological polar surface area (TPSA) is 201 Å². The predicted octanol–water partition coefficient (Wildman–Crippen LogP) is -2.66. The van der Waals surface area contributed by atoms with Crippen molar-refractivity contribution in [2.75, 3.05) is 0 Å². The van der Waals surface area contributed by atoms with Gasteiger partial charge in [-0.1, -0.05) is 0 Å². The van der Waals surface area contributed by atoms with Gasteiger partial charge in [-0.05, 0) is 0 Å². The summed E-state index contributed by atoms with van der Waals surface area (Å²) in [5.74, 6) is 0. The van der Waals surface area contributed by atoms with Crippen LogP contribution in [-0.4, -0.2) is 45.6 Å². The molecule has 0 aromatic heterocycles. The Kier molecular flexibility index (Phi) is 18.7. The molecule has 0 aromatic rings. The van der Waals surface area contributed by atoms with Crippen molar-refractivity contribution in [2.24, 2.45) is 0 Å². The molecular formula is H2O10S2W. The molecule has 0 unspecified atom stereocenters. The normalized spacial score (nSPS) is 9.38. The average Bonchev–Trinajstić information content (AvgIpc) is 1.59. The third kappa shape index (κ3) is 10900. The van der Waals surface area contributed by atoms with Crippen molar-refractivity contribution >= 4 is 20.8 Å². The van der Waals surface area contributed by atoms with Crippen LogP contribution < -0.4 is 0 Å². The summed E-state index contributed by atoms with van der Waals surface area (Å²) in [6.45, 7) is 0. The first-order valence-corrected chi connectivity index (χ1v) is 4.20. The number of rotatable bonds is 0. The van der Waals surface area contributed by atoms with Crippen molar-refractivity contribution in [1.29, 1.82) is 0 Å². The van der Waals surface area contributed by atoms with E-state index in [0.717, 1.165) is 0 Å². The van der Waals surface area contributed by atoms with E-state index in [4.69, 9.17) is 45.6 Å². The summed E-state index contributed by atoms with van der Waals surface area (Å²) in [5, 5.41) is 12.0. The minimum atomic E-state index is -5.17. The fourth-order valence-corrected chi connectivity index (χ4v) is 0. The van der Waals surface area contributed by atoms with Crippen LogP contribution in [0.25, 0.3) is 0 Å². The van der Waals surface area contributed by atoms with E-state index in [9.17, 15) is 0 Å². The first kappa shape index (κ1) is 23.3. The molecule has 0 aliphatic carbocycles. The van der Waals surface area contributed by atoms with Gasteiger partial charge in [-0.3, -0.25) is 27.4 Å². The Morgan fingerprint density at radius 3 is 0.692 bits per heavy atom. The van der Waals surface area contributed by atoms with Crippen molar-refractivity contribution < 1.29 is 66.6 Å². The fraction of sp³-hybridized carbons (Fsp3) is 0. The first-order chi connectivity index (χ1) is 5.00. The molecule has 80 valence electrons. The van der Waals surface area contributed by atoms with Crippen molar-refractivity contribution in [2.45, 2.75) is 0 Å². The Morgan fingerprint density at radius 1 is 0.692 bits per heavy atom. The van der Waals surface area contributed by atoms with Gasteiger partial charge < -0.3 is 18.2 Å². The van der Waals surface area contributed by atoms with Crippen LogP contribution in [0.4, 0.5) is 0 Å². The van der Waals surface area contributed by atoms with Crippen LogP contribution in [0.5, 0.6) is 0 Å². The van der Waals surface area contributed by atoms with Gasteiger partial charge in [0.2, 0.25) is 0 Å². The van der Waals surface area contributed by atoms with E-state index in [0.29, 0.717) is 0 Å². The van der Waals surface area contributed by atoms with Crippen molar-refractivity contribution in [3.8, 4) is 0 Å². The second-order valence-corrected chi connectivity index (χ2v) is 2.45.